The summed E-state index contributed by atoms with van der Waals surface area (Å²) in [6.07, 6.45) is 0.738. The van der Waals surface area contributed by atoms with Gasteiger partial charge in [0.15, 0.2) is 0 Å². The van der Waals surface area contributed by atoms with Gasteiger partial charge >= 0.3 is 5.97 Å². The molecule has 0 N–H and O–H groups in total. The van der Waals surface area contributed by atoms with Crippen LogP contribution in [0.2, 0.25) is 0 Å². The fourth-order valence-electron chi connectivity index (χ4n) is 5.68. The molecule has 0 heterocycles. The number of carbonyl (C=O) groups is 1. The van der Waals surface area contributed by atoms with E-state index in [1.54, 1.807) is 0 Å². The first-order chi connectivity index (χ1) is 23.3. The Balaban J connectivity index is 1.25. The van der Waals surface area contributed by atoms with Crippen LogP contribution < -0.4 is 9.80 Å². The Morgan fingerprint density at radius 3 is 1.46 bits per heavy atom. The molecule has 0 unspecified atom stereocenters. The molecule has 0 aliphatic carbocycles. The molecule has 6 aromatic carbocycles. The van der Waals surface area contributed by atoms with Gasteiger partial charge in [0, 0.05) is 34.1 Å². The van der Waals surface area contributed by atoms with E-state index in [1.165, 1.54) is 5.56 Å². The minimum atomic E-state index is -0.484. The molecule has 0 bridgehead atoms. The van der Waals surface area contributed by atoms with Gasteiger partial charge in [-0.2, -0.15) is 0 Å². The van der Waals surface area contributed by atoms with E-state index in [0.717, 1.165) is 57.2 Å². The molecule has 0 aromatic heterocycles. The number of carbonyl (C=O) groups excluding carboxylic acids is 1. The lowest BCUT2D eigenvalue weighted by Crippen LogP contribution is -2.25. The second kappa shape index (κ2) is 14.4. The molecule has 4 nitrogen and oxygen atoms in total. The second-order valence-corrected chi connectivity index (χ2v) is 12.7. The van der Waals surface area contributed by atoms with Crippen molar-refractivity contribution in [3.8, 4) is 11.1 Å². The van der Waals surface area contributed by atoms with Gasteiger partial charge in [-0.3, -0.25) is 4.79 Å². The minimum absolute atomic E-state index is 0.172. The molecule has 6 aromatic rings. The van der Waals surface area contributed by atoms with Gasteiger partial charge in [0.1, 0.15) is 6.61 Å². The van der Waals surface area contributed by atoms with E-state index in [9.17, 15) is 4.79 Å². The van der Waals surface area contributed by atoms with Crippen LogP contribution in [0.4, 0.5) is 34.1 Å². The van der Waals surface area contributed by atoms with E-state index in [-0.39, 0.29) is 12.6 Å². The van der Waals surface area contributed by atoms with Crippen LogP contribution in [0, 0.1) is 12.3 Å². The van der Waals surface area contributed by atoms with Crippen LogP contribution in [0.1, 0.15) is 38.3 Å². The number of esters is 1. The fourth-order valence-corrected chi connectivity index (χ4v) is 5.68. The standard InChI is InChI=1S/C44H42N2O2/c1-5-44(3,4)43(47)48-32-34-20-26-39(27-21-34)45(37-15-8-6-9-16-37)40-28-22-35(23-29-40)36-24-30-41(31-25-36)46(38-17-10-7-11-18-38)42-19-13-12-14-33(42)2/h6-31H,5,32H2,1-4H3. The van der Waals surface area contributed by atoms with Gasteiger partial charge in [-0.15, -0.1) is 0 Å². The van der Waals surface area contributed by atoms with Crippen LogP contribution >= 0.6 is 0 Å². The maximum absolute atomic E-state index is 12.5. The smallest absolute Gasteiger partial charge is 0.311 e. The monoisotopic (exact) mass is 630 g/mol. The molecule has 240 valence electrons. The van der Waals surface area contributed by atoms with Gasteiger partial charge in [-0.25, -0.2) is 0 Å². The van der Waals surface area contributed by atoms with Crippen LogP contribution in [-0.2, 0) is 16.1 Å². The van der Waals surface area contributed by atoms with E-state index in [2.05, 4.69) is 156 Å². The number of anilines is 6. The van der Waals surface area contributed by atoms with Crippen molar-refractivity contribution < 1.29 is 9.53 Å². The Labute approximate surface area is 284 Å². The Kier molecular flexibility index (Phi) is 9.73. The van der Waals surface area contributed by atoms with Crippen molar-refractivity contribution in [2.45, 2.75) is 40.7 Å². The lowest BCUT2D eigenvalue weighted by Gasteiger charge is -2.27. The van der Waals surface area contributed by atoms with E-state index in [0.29, 0.717) is 0 Å². The molecule has 6 rings (SSSR count). The minimum Gasteiger partial charge on any atom is -0.460 e. The summed E-state index contributed by atoms with van der Waals surface area (Å²) in [6.45, 7) is 8.25. The summed E-state index contributed by atoms with van der Waals surface area (Å²) in [5, 5.41) is 0. The number of hydrogen-bond donors (Lipinski definition) is 0. The number of rotatable bonds is 11. The highest BCUT2D eigenvalue weighted by Crippen LogP contribution is 2.39. The first-order valence-corrected chi connectivity index (χ1v) is 16.6. The number of benzene rings is 6. The summed E-state index contributed by atoms with van der Waals surface area (Å²) in [6, 6.07) is 55.1. The quantitative estimate of drug-likeness (QED) is 0.133. The molecule has 0 amide bonds. The summed E-state index contributed by atoms with van der Waals surface area (Å²) in [5.74, 6) is -0.172. The second-order valence-electron chi connectivity index (χ2n) is 12.7. The number of hydrogen-bond acceptors (Lipinski definition) is 4. The van der Waals surface area contributed by atoms with E-state index in [4.69, 9.17) is 4.74 Å². The van der Waals surface area contributed by atoms with E-state index < -0.39 is 5.41 Å². The van der Waals surface area contributed by atoms with Gasteiger partial charge in [0.05, 0.1) is 5.41 Å². The third kappa shape index (κ3) is 7.19. The SMILES string of the molecule is CCC(C)(C)C(=O)OCc1ccc(N(c2ccccc2)c2ccc(-c3ccc(N(c4ccccc4)c4ccccc4C)cc3)cc2)cc1. The van der Waals surface area contributed by atoms with Crippen LogP contribution in [-0.4, -0.2) is 5.97 Å². The Morgan fingerprint density at radius 1 is 0.542 bits per heavy atom. The summed E-state index contributed by atoms with van der Waals surface area (Å²) in [5.41, 5.74) is 10.5. The average molecular weight is 631 g/mol. The topological polar surface area (TPSA) is 32.8 Å². The molecular formula is C44H42N2O2. The molecule has 0 spiro atoms. The van der Waals surface area contributed by atoms with Gasteiger partial charge in [0.2, 0.25) is 0 Å². The van der Waals surface area contributed by atoms with Crippen LogP contribution in [0.3, 0.4) is 0 Å². The first-order valence-electron chi connectivity index (χ1n) is 16.6. The molecule has 0 atom stereocenters. The molecule has 4 heteroatoms. The zero-order chi connectivity index (χ0) is 33.5. The molecule has 48 heavy (non-hydrogen) atoms. The van der Waals surface area contributed by atoms with Crippen LogP contribution in [0.5, 0.6) is 0 Å². The highest BCUT2D eigenvalue weighted by molar-refractivity contribution is 5.81. The lowest BCUT2D eigenvalue weighted by atomic mass is 9.91. The maximum atomic E-state index is 12.5. The zero-order valence-corrected chi connectivity index (χ0v) is 28.1. The Hall–Kier alpha value is -5.61. The summed E-state index contributed by atoms with van der Waals surface area (Å²) in [7, 11) is 0. The Bertz CT molecular complexity index is 1930. The highest BCUT2D eigenvalue weighted by Gasteiger charge is 2.27. The molecule has 0 aliphatic rings. The normalized spacial score (nSPS) is 11.2. The van der Waals surface area contributed by atoms with Crippen molar-refractivity contribution in [1.82, 2.24) is 0 Å². The predicted molar refractivity (Wildman–Crippen MR) is 200 cm³/mol. The van der Waals surface area contributed by atoms with Crippen molar-refractivity contribution in [3.63, 3.8) is 0 Å². The van der Waals surface area contributed by atoms with Crippen molar-refractivity contribution in [1.29, 1.82) is 0 Å². The summed E-state index contributed by atoms with van der Waals surface area (Å²) in [4.78, 5) is 17.0. The number of nitrogens with zero attached hydrogens (tertiary/aromatic N) is 2. The molecule has 0 saturated heterocycles. The summed E-state index contributed by atoms with van der Waals surface area (Å²) >= 11 is 0. The average Bonchev–Trinajstić information content (AvgIpc) is 3.13. The molecular weight excluding hydrogens is 588 g/mol. The molecule has 0 saturated carbocycles. The van der Waals surface area contributed by atoms with Crippen molar-refractivity contribution >= 4 is 40.1 Å². The molecule has 0 radical (unpaired) electrons. The largest absolute Gasteiger partial charge is 0.460 e. The van der Waals surface area contributed by atoms with Crippen molar-refractivity contribution in [2.75, 3.05) is 9.80 Å². The Morgan fingerprint density at radius 2 is 0.958 bits per heavy atom. The zero-order valence-electron chi connectivity index (χ0n) is 28.1. The fraction of sp³-hybridized carbons (Fsp3) is 0.159. The summed E-state index contributed by atoms with van der Waals surface area (Å²) < 4.78 is 5.62. The molecule has 0 fully saturated rings. The van der Waals surface area contributed by atoms with Crippen LogP contribution in [0.25, 0.3) is 11.1 Å². The first kappa shape index (κ1) is 32.3. The van der Waals surface area contributed by atoms with Crippen molar-refractivity contribution in [3.05, 3.63) is 169 Å². The van der Waals surface area contributed by atoms with Gasteiger partial charge in [0.25, 0.3) is 0 Å². The highest BCUT2D eigenvalue weighted by atomic mass is 16.5. The van der Waals surface area contributed by atoms with E-state index in [1.807, 2.05) is 39.0 Å². The van der Waals surface area contributed by atoms with Crippen molar-refractivity contribution in [2.24, 2.45) is 5.41 Å². The van der Waals surface area contributed by atoms with Gasteiger partial charge < -0.3 is 14.5 Å². The van der Waals surface area contributed by atoms with Gasteiger partial charge in [-0.1, -0.05) is 97.9 Å². The lowest BCUT2D eigenvalue weighted by molar-refractivity contribution is -0.155. The number of aryl methyl sites for hydroxylation is 1. The number of para-hydroxylation sites is 3. The predicted octanol–water partition coefficient (Wildman–Crippen LogP) is 12.1. The third-order valence-corrected chi connectivity index (χ3v) is 8.97. The third-order valence-electron chi connectivity index (χ3n) is 8.97. The maximum Gasteiger partial charge on any atom is 0.311 e. The molecule has 0 aliphatic heterocycles. The van der Waals surface area contributed by atoms with E-state index >= 15 is 0 Å². The van der Waals surface area contributed by atoms with Crippen LogP contribution in [0.15, 0.2) is 158 Å². The number of ether oxygens (including phenoxy) is 1. The van der Waals surface area contributed by atoms with Gasteiger partial charge in [-0.05, 0) is 116 Å².